The van der Waals surface area contributed by atoms with Gasteiger partial charge in [0.2, 0.25) is 0 Å². The van der Waals surface area contributed by atoms with Crippen molar-refractivity contribution >= 4 is 21.9 Å². The van der Waals surface area contributed by atoms with E-state index < -0.39 is 5.97 Å². The zero-order chi connectivity index (χ0) is 9.42. The molecule has 2 heterocycles. The average Bonchev–Trinajstić information content (AvgIpc) is 2.45. The van der Waals surface area contributed by atoms with E-state index in [9.17, 15) is 4.79 Å². The summed E-state index contributed by atoms with van der Waals surface area (Å²) in [5.74, 6) is -1.01. The minimum Gasteiger partial charge on any atom is -0.476 e. The first-order valence-corrected chi connectivity index (χ1v) is 4.55. The number of aromatic carboxylic acids is 1. The van der Waals surface area contributed by atoms with Crippen LogP contribution in [0.4, 0.5) is 0 Å². The van der Waals surface area contributed by atoms with Gasteiger partial charge in [-0.25, -0.2) is 9.78 Å². The van der Waals surface area contributed by atoms with Crippen LogP contribution in [0.5, 0.6) is 0 Å². The van der Waals surface area contributed by atoms with Crippen LogP contribution in [0.2, 0.25) is 0 Å². The molecule has 2 rings (SSSR count). The molecule has 0 bridgehead atoms. The van der Waals surface area contributed by atoms with Crippen LogP contribution in [0, 0.1) is 0 Å². The van der Waals surface area contributed by atoms with Crippen molar-refractivity contribution in [2.45, 2.75) is 13.2 Å². The van der Waals surface area contributed by atoms with Crippen LogP contribution < -0.4 is 0 Å². The highest BCUT2D eigenvalue weighted by Gasteiger charge is 2.22. The highest BCUT2D eigenvalue weighted by molar-refractivity contribution is 9.10. The third-order valence-corrected chi connectivity index (χ3v) is 2.53. The summed E-state index contributed by atoms with van der Waals surface area (Å²) in [5.41, 5.74) is 0.706. The van der Waals surface area contributed by atoms with E-state index in [0.29, 0.717) is 30.2 Å². The predicted molar refractivity (Wildman–Crippen MR) is 46.5 cm³/mol. The number of nitrogens with zero attached hydrogens (tertiary/aromatic N) is 2. The normalized spacial score (nSPS) is 15.5. The summed E-state index contributed by atoms with van der Waals surface area (Å²) in [5, 5.41) is 8.80. The molecule has 0 amide bonds. The molecule has 1 aromatic rings. The van der Waals surface area contributed by atoms with Crippen LogP contribution in [0.3, 0.4) is 0 Å². The number of carboxylic acids is 1. The van der Waals surface area contributed by atoms with Crippen LogP contribution in [0.15, 0.2) is 4.73 Å². The fourth-order valence-corrected chi connectivity index (χ4v) is 1.89. The molecule has 0 unspecified atom stereocenters. The number of imidazole rings is 1. The van der Waals surface area contributed by atoms with Gasteiger partial charge < -0.3 is 14.4 Å². The second-order valence-corrected chi connectivity index (χ2v) is 3.39. The number of hydrogen-bond acceptors (Lipinski definition) is 3. The molecule has 1 N–H and O–H groups in total. The average molecular weight is 247 g/mol. The van der Waals surface area contributed by atoms with E-state index >= 15 is 0 Å². The molecule has 0 saturated heterocycles. The molecule has 0 spiro atoms. The summed E-state index contributed by atoms with van der Waals surface area (Å²) in [6.45, 7) is 1.57. The number of hydrogen-bond donors (Lipinski definition) is 1. The maximum Gasteiger partial charge on any atom is 0.356 e. The van der Waals surface area contributed by atoms with Crippen molar-refractivity contribution in [3.05, 3.63) is 16.1 Å². The van der Waals surface area contributed by atoms with Crippen molar-refractivity contribution in [3.63, 3.8) is 0 Å². The summed E-state index contributed by atoms with van der Waals surface area (Å²) >= 11 is 3.20. The molecule has 0 aliphatic carbocycles. The Hall–Kier alpha value is -0.880. The van der Waals surface area contributed by atoms with Crippen LogP contribution in [0.1, 0.15) is 16.2 Å². The zero-order valence-electron chi connectivity index (χ0n) is 6.66. The molecular formula is C7H7BrN2O3. The van der Waals surface area contributed by atoms with E-state index in [1.807, 2.05) is 4.57 Å². The van der Waals surface area contributed by atoms with E-state index in [-0.39, 0.29) is 5.69 Å². The number of fused-ring (bicyclic) bond motifs is 1. The maximum atomic E-state index is 10.7. The fraction of sp³-hybridized carbons (Fsp3) is 0.429. The third kappa shape index (κ3) is 1.36. The predicted octanol–water partition coefficient (Wildman–Crippen LogP) is 0.874. The van der Waals surface area contributed by atoms with E-state index in [1.54, 1.807) is 0 Å². The molecule has 6 heteroatoms. The lowest BCUT2D eigenvalue weighted by atomic mass is 10.3. The van der Waals surface area contributed by atoms with E-state index in [0.717, 1.165) is 0 Å². The standard InChI is InChI=1S/C7H7BrN2O3/c8-7-9-5(6(11)12)4-3-13-2-1-10(4)7/h1-3H2,(H,11,12). The van der Waals surface area contributed by atoms with Gasteiger partial charge in [-0.2, -0.15) is 0 Å². The Bertz CT molecular complexity index is 361. The van der Waals surface area contributed by atoms with Crippen molar-refractivity contribution < 1.29 is 14.6 Å². The van der Waals surface area contributed by atoms with Crippen molar-refractivity contribution in [2.24, 2.45) is 0 Å². The van der Waals surface area contributed by atoms with Gasteiger partial charge in [0.1, 0.15) is 0 Å². The van der Waals surface area contributed by atoms with Gasteiger partial charge in [-0.1, -0.05) is 0 Å². The molecule has 5 nitrogen and oxygen atoms in total. The smallest absolute Gasteiger partial charge is 0.356 e. The third-order valence-electron chi connectivity index (χ3n) is 1.93. The number of halogens is 1. The van der Waals surface area contributed by atoms with Gasteiger partial charge in [-0.05, 0) is 15.9 Å². The van der Waals surface area contributed by atoms with E-state index in [4.69, 9.17) is 9.84 Å². The van der Waals surface area contributed by atoms with Crippen molar-refractivity contribution in [1.29, 1.82) is 0 Å². The first-order chi connectivity index (χ1) is 6.20. The van der Waals surface area contributed by atoms with E-state index in [2.05, 4.69) is 20.9 Å². The lowest BCUT2D eigenvalue weighted by molar-refractivity contribution is 0.0656. The van der Waals surface area contributed by atoms with Crippen molar-refractivity contribution in [1.82, 2.24) is 9.55 Å². The Morgan fingerprint density at radius 2 is 2.46 bits per heavy atom. The molecular weight excluding hydrogens is 240 g/mol. The minimum absolute atomic E-state index is 0.0755. The lowest BCUT2D eigenvalue weighted by Gasteiger charge is -2.15. The summed E-state index contributed by atoms with van der Waals surface area (Å²) in [6.07, 6.45) is 0. The van der Waals surface area contributed by atoms with E-state index in [1.165, 1.54) is 0 Å². The Morgan fingerprint density at radius 1 is 1.69 bits per heavy atom. The summed E-state index contributed by atoms with van der Waals surface area (Å²) in [4.78, 5) is 14.6. The molecule has 1 aliphatic rings. The largest absolute Gasteiger partial charge is 0.476 e. The van der Waals surface area contributed by atoms with Crippen LogP contribution in [0.25, 0.3) is 0 Å². The number of aromatic nitrogens is 2. The maximum absolute atomic E-state index is 10.7. The van der Waals surface area contributed by atoms with Gasteiger partial charge in [0.25, 0.3) is 0 Å². The van der Waals surface area contributed by atoms with Gasteiger partial charge >= 0.3 is 5.97 Å². The highest BCUT2D eigenvalue weighted by atomic mass is 79.9. The second kappa shape index (κ2) is 3.12. The Labute approximate surface area is 82.5 Å². The lowest BCUT2D eigenvalue weighted by Crippen LogP contribution is -2.18. The van der Waals surface area contributed by atoms with Gasteiger partial charge in [0.05, 0.1) is 18.9 Å². The second-order valence-electron chi connectivity index (χ2n) is 2.69. The number of ether oxygens (including phenoxy) is 1. The Morgan fingerprint density at radius 3 is 3.15 bits per heavy atom. The molecule has 0 atom stereocenters. The zero-order valence-corrected chi connectivity index (χ0v) is 8.24. The monoisotopic (exact) mass is 246 g/mol. The first kappa shape index (κ1) is 8.71. The number of rotatable bonds is 1. The van der Waals surface area contributed by atoms with Crippen LogP contribution >= 0.6 is 15.9 Å². The van der Waals surface area contributed by atoms with Gasteiger partial charge in [0, 0.05) is 6.54 Å². The van der Waals surface area contributed by atoms with Crippen LogP contribution in [-0.2, 0) is 17.9 Å². The van der Waals surface area contributed by atoms with Gasteiger partial charge in [-0.3, -0.25) is 0 Å². The summed E-state index contributed by atoms with van der Waals surface area (Å²) in [6, 6.07) is 0. The summed E-state index contributed by atoms with van der Waals surface area (Å²) < 4.78 is 7.53. The summed E-state index contributed by atoms with van der Waals surface area (Å²) in [7, 11) is 0. The van der Waals surface area contributed by atoms with Crippen molar-refractivity contribution in [2.75, 3.05) is 6.61 Å². The van der Waals surface area contributed by atoms with Gasteiger partial charge in [-0.15, -0.1) is 0 Å². The molecule has 0 saturated carbocycles. The molecule has 0 fully saturated rings. The first-order valence-electron chi connectivity index (χ1n) is 3.76. The Balaban J connectivity index is 2.53. The highest BCUT2D eigenvalue weighted by Crippen LogP contribution is 2.20. The minimum atomic E-state index is -1.01. The molecule has 13 heavy (non-hydrogen) atoms. The van der Waals surface area contributed by atoms with Gasteiger partial charge in [0.15, 0.2) is 10.4 Å². The SMILES string of the molecule is O=C(O)c1nc(Br)n2c1COCC2. The molecule has 1 aliphatic heterocycles. The number of carbonyl (C=O) groups is 1. The number of carboxylic acid groups (broad SMARTS) is 1. The topological polar surface area (TPSA) is 64.3 Å². The van der Waals surface area contributed by atoms with Crippen LogP contribution in [-0.4, -0.2) is 27.2 Å². The quantitative estimate of drug-likeness (QED) is 0.799. The molecule has 1 aromatic heterocycles. The molecule has 0 aromatic carbocycles. The molecule has 70 valence electrons. The molecule has 0 radical (unpaired) electrons. The van der Waals surface area contributed by atoms with Crippen molar-refractivity contribution in [3.8, 4) is 0 Å². The Kier molecular flexibility index (Phi) is 2.09. The fourth-order valence-electron chi connectivity index (χ4n) is 1.33.